The fourth-order valence-electron chi connectivity index (χ4n) is 7.83. The number of β-amino-alcohol motifs (C(OH)–C–C–N with tert-alkyl or cyclic N) is 1. The van der Waals surface area contributed by atoms with Gasteiger partial charge in [-0.3, -0.25) is 19.2 Å². The van der Waals surface area contributed by atoms with Crippen LogP contribution in [0.2, 0.25) is 0 Å². The smallest absolute Gasteiger partial charge is 0.306 e. The third kappa shape index (κ3) is 6.06. The van der Waals surface area contributed by atoms with Crippen molar-refractivity contribution in [3.05, 3.63) is 61.2 Å². The summed E-state index contributed by atoms with van der Waals surface area (Å²) in [6.45, 7) is 7.48. The summed E-state index contributed by atoms with van der Waals surface area (Å²) in [5.74, 6) is -2.98. The van der Waals surface area contributed by atoms with Gasteiger partial charge < -0.3 is 29.7 Å². The molecule has 2 N–H and O–H groups in total. The van der Waals surface area contributed by atoms with Crippen molar-refractivity contribution in [2.45, 2.75) is 87.6 Å². The Hall–Kier alpha value is -3.50. The number of nitrogens with zero attached hydrogens (tertiary/aromatic N) is 2. The zero-order chi connectivity index (χ0) is 31.3. The molecule has 10 heteroatoms. The van der Waals surface area contributed by atoms with E-state index in [0.717, 1.165) is 37.7 Å². The lowest BCUT2D eigenvalue weighted by Gasteiger charge is -2.40. The first-order valence-corrected chi connectivity index (χ1v) is 16.0. The first-order valence-electron chi connectivity index (χ1n) is 16.0. The molecule has 238 valence electrons. The second kappa shape index (κ2) is 14.1. The molecule has 1 aromatic rings. The molecule has 3 heterocycles. The summed E-state index contributed by atoms with van der Waals surface area (Å²) in [5.41, 5.74) is -0.389. The number of rotatable bonds is 14. The van der Waals surface area contributed by atoms with E-state index in [1.165, 1.54) is 4.90 Å². The number of carbonyl (C=O) groups excluding carboxylic acids is 4. The Morgan fingerprint density at radius 2 is 1.89 bits per heavy atom. The van der Waals surface area contributed by atoms with Crippen LogP contribution in [0.5, 0.6) is 0 Å². The normalized spacial score (nSPS) is 28.3. The SMILES string of the molecule is C=CCCC(=O)OC[C@@H](NC(=O)[C@@H]1[C@@H]2CC[C@]3(O2)[C@H](C(=O)N(CC=C)C2CCCCC2)N(CCO)C(=O)[C@@H]13)c1ccccc1. The number of fused-ring (bicyclic) bond motifs is 1. The predicted molar refractivity (Wildman–Crippen MR) is 163 cm³/mol. The number of aliphatic hydroxyl groups is 1. The third-order valence-electron chi connectivity index (χ3n) is 9.78. The molecule has 0 radical (unpaired) electrons. The quantitative estimate of drug-likeness (QED) is 0.246. The Labute approximate surface area is 259 Å². The van der Waals surface area contributed by atoms with Crippen LogP contribution < -0.4 is 5.32 Å². The highest BCUT2D eigenvalue weighted by molar-refractivity contribution is 5.99. The fraction of sp³-hybridized carbons (Fsp3) is 0.588. The lowest BCUT2D eigenvalue weighted by atomic mass is 9.70. The number of likely N-dealkylation sites (tertiary alicyclic amines) is 1. The van der Waals surface area contributed by atoms with Gasteiger partial charge in [0.15, 0.2) is 0 Å². The van der Waals surface area contributed by atoms with E-state index in [1.807, 2.05) is 35.2 Å². The molecule has 6 atom stereocenters. The molecule has 10 nitrogen and oxygen atoms in total. The van der Waals surface area contributed by atoms with Crippen LogP contribution >= 0.6 is 0 Å². The third-order valence-corrected chi connectivity index (χ3v) is 9.78. The second-order valence-electron chi connectivity index (χ2n) is 12.4. The summed E-state index contributed by atoms with van der Waals surface area (Å²) in [5, 5.41) is 13.0. The Morgan fingerprint density at radius 3 is 2.57 bits per heavy atom. The van der Waals surface area contributed by atoms with Crippen LogP contribution in [0.4, 0.5) is 0 Å². The zero-order valence-electron chi connectivity index (χ0n) is 25.4. The number of allylic oxidation sites excluding steroid dienone is 1. The van der Waals surface area contributed by atoms with Crippen molar-refractivity contribution in [2.75, 3.05) is 26.3 Å². The minimum absolute atomic E-state index is 0.0181. The van der Waals surface area contributed by atoms with Crippen molar-refractivity contribution in [2.24, 2.45) is 11.8 Å². The predicted octanol–water partition coefficient (Wildman–Crippen LogP) is 3.07. The van der Waals surface area contributed by atoms with Gasteiger partial charge in [-0.1, -0.05) is 61.7 Å². The number of esters is 1. The summed E-state index contributed by atoms with van der Waals surface area (Å²) in [6, 6.07) is 7.73. The van der Waals surface area contributed by atoms with Gasteiger partial charge in [-0.15, -0.1) is 13.2 Å². The van der Waals surface area contributed by atoms with Gasteiger partial charge in [0.25, 0.3) is 0 Å². The monoisotopic (exact) mass is 607 g/mol. The highest BCUT2D eigenvalue weighted by Crippen LogP contribution is 2.58. The van der Waals surface area contributed by atoms with Gasteiger partial charge >= 0.3 is 5.97 Å². The van der Waals surface area contributed by atoms with E-state index >= 15 is 0 Å². The highest BCUT2D eigenvalue weighted by Gasteiger charge is 2.74. The summed E-state index contributed by atoms with van der Waals surface area (Å²) >= 11 is 0. The van der Waals surface area contributed by atoms with Crippen molar-refractivity contribution in [1.82, 2.24) is 15.1 Å². The minimum atomic E-state index is -1.15. The highest BCUT2D eigenvalue weighted by atomic mass is 16.5. The Balaban J connectivity index is 1.40. The van der Waals surface area contributed by atoms with Gasteiger partial charge in [0.05, 0.1) is 30.6 Å². The zero-order valence-corrected chi connectivity index (χ0v) is 25.4. The molecule has 0 aromatic heterocycles. The van der Waals surface area contributed by atoms with E-state index in [-0.39, 0.29) is 49.9 Å². The first-order chi connectivity index (χ1) is 21.4. The van der Waals surface area contributed by atoms with Crippen molar-refractivity contribution >= 4 is 23.7 Å². The van der Waals surface area contributed by atoms with E-state index < -0.39 is 41.6 Å². The number of aliphatic hydroxyl groups excluding tert-OH is 1. The van der Waals surface area contributed by atoms with Crippen LogP contribution in [-0.4, -0.2) is 88.7 Å². The molecule has 0 unspecified atom stereocenters. The molecular formula is C34H45N3O7. The van der Waals surface area contributed by atoms with Crippen molar-refractivity contribution in [3.63, 3.8) is 0 Å². The number of ether oxygens (including phenoxy) is 2. The van der Waals surface area contributed by atoms with Gasteiger partial charge in [-0.2, -0.15) is 0 Å². The lowest BCUT2D eigenvalue weighted by molar-refractivity contribution is -0.150. The fourth-order valence-corrected chi connectivity index (χ4v) is 7.83. The number of hydrogen-bond acceptors (Lipinski definition) is 7. The molecular weight excluding hydrogens is 562 g/mol. The maximum Gasteiger partial charge on any atom is 0.306 e. The molecule has 3 saturated heterocycles. The van der Waals surface area contributed by atoms with Gasteiger partial charge in [-0.25, -0.2) is 0 Å². The maximum absolute atomic E-state index is 14.4. The molecule has 5 rings (SSSR count). The molecule has 4 fully saturated rings. The topological polar surface area (TPSA) is 125 Å². The van der Waals surface area contributed by atoms with Crippen molar-refractivity contribution in [1.29, 1.82) is 0 Å². The van der Waals surface area contributed by atoms with Crippen LogP contribution in [0.15, 0.2) is 55.6 Å². The molecule has 1 spiro atoms. The van der Waals surface area contributed by atoms with E-state index in [2.05, 4.69) is 18.5 Å². The van der Waals surface area contributed by atoms with Crippen LogP contribution in [-0.2, 0) is 28.7 Å². The molecule has 1 saturated carbocycles. The van der Waals surface area contributed by atoms with Crippen LogP contribution in [0.3, 0.4) is 0 Å². The molecule has 1 aliphatic carbocycles. The summed E-state index contributed by atoms with van der Waals surface area (Å²) in [7, 11) is 0. The standard InChI is InChI=1S/C34H45N3O7/c1-3-5-16-27(39)43-22-25(23-12-8-6-9-13-23)35-31(40)28-26-17-18-34(44-26)29(28)32(41)37(20-21-38)30(34)33(42)36(19-4-2)24-14-10-7-11-15-24/h3-4,6,8-9,12-13,24-26,28-30,38H,1-2,5,7,10-11,14-22H2,(H,35,40)/t25-,26+,28-,29-,30+,34-/m1/s1. The van der Waals surface area contributed by atoms with E-state index in [1.54, 1.807) is 12.2 Å². The summed E-state index contributed by atoms with van der Waals surface area (Å²) in [6.07, 6.45) is 9.53. The van der Waals surface area contributed by atoms with Crippen molar-refractivity contribution in [3.8, 4) is 0 Å². The molecule has 3 aliphatic heterocycles. The van der Waals surface area contributed by atoms with Gasteiger partial charge in [-0.05, 0) is 37.7 Å². The first kappa shape index (κ1) is 31.9. The van der Waals surface area contributed by atoms with Gasteiger partial charge in [0.1, 0.15) is 18.2 Å². The number of amides is 3. The number of benzene rings is 1. The molecule has 2 bridgehead atoms. The van der Waals surface area contributed by atoms with Crippen LogP contribution in [0, 0.1) is 11.8 Å². The second-order valence-corrected chi connectivity index (χ2v) is 12.4. The number of nitrogens with one attached hydrogen (secondary N) is 1. The van der Waals surface area contributed by atoms with Gasteiger partial charge in [0.2, 0.25) is 17.7 Å². The molecule has 44 heavy (non-hydrogen) atoms. The number of hydrogen-bond donors (Lipinski definition) is 2. The lowest BCUT2D eigenvalue weighted by Crippen LogP contribution is -2.58. The molecule has 4 aliphatic rings. The Bertz CT molecular complexity index is 1230. The summed E-state index contributed by atoms with van der Waals surface area (Å²) in [4.78, 5) is 58.2. The molecule has 1 aromatic carbocycles. The van der Waals surface area contributed by atoms with E-state index in [4.69, 9.17) is 9.47 Å². The van der Waals surface area contributed by atoms with Crippen LogP contribution in [0.1, 0.15) is 69.4 Å². The average molecular weight is 608 g/mol. The summed E-state index contributed by atoms with van der Waals surface area (Å²) < 4.78 is 12.1. The Kier molecular flexibility index (Phi) is 10.2. The molecule has 3 amide bonds. The Morgan fingerprint density at radius 1 is 1.14 bits per heavy atom. The average Bonchev–Trinajstić information content (AvgIpc) is 3.69. The van der Waals surface area contributed by atoms with Gasteiger partial charge in [0, 0.05) is 25.6 Å². The van der Waals surface area contributed by atoms with Crippen molar-refractivity contribution < 1.29 is 33.8 Å². The van der Waals surface area contributed by atoms with Crippen LogP contribution in [0.25, 0.3) is 0 Å². The van der Waals surface area contributed by atoms with E-state index in [9.17, 15) is 24.3 Å². The minimum Gasteiger partial charge on any atom is -0.463 e. The largest absolute Gasteiger partial charge is 0.463 e. The maximum atomic E-state index is 14.4. The van der Waals surface area contributed by atoms with E-state index in [0.29, 0.717) is 25.8 Å². The number of carbonyl (C=O) groups is 4.